The van der Waals surface area contributed by atoms with Gasteiger partial charge < -0.3 is 19.1 Å². The SMILES string of the molecule is COC(=O)C(C)CN(CCOc1ccc(OC)cc1)C(=O)C(F)(F)F. The van der Waals surface area contributed by atoms with Gasteiger partial charge in [-0.1, -0.05) is 6.92 Å². The highest BCUT2D eigenvalue weighted by molar-refractivity contribution is 5.82. The Labute approximate surface area is 143 Å². The van der Waals surface area contributed by atoms with Crippen LogP contribution in [0, 0.1) is 5.92 Å². The molecular weight excluding hydrogens is 343 g/mol. The minimum atomic E-state index is -5.03. The van der Waals surface area contributed by atoms with Gasteiger partial charge in [0.05, 0.1) is 26.7 Å². The number of carbonyl (C=O) groups is 2. The van der Waals surface area contributed by atoms with Gasteiger partial charge in [0.1, 0.15) is 18.1 Å². The Morgan fingerprint density at radius 2 is 1.68 bits per heavy atom. The standard InChI is InChI=1S/C16H20F3NO5/c1-11(14(21)24-3)10-20(15(22)16(17,18)19)8-9-25-13-6-4-12(23-2)5-7-13/h4-7,11H,8-10H2,1-3H3. The molecule has 0 aromatic heterocycles. The predicted molar refractivity (Wildman–Crippen MR) is 82.3 cm³/mol. The zero-order valence-corrected chi connectivity index (χ0v) is 14.1. The summed E-state index contributed by atoms with van der Waals surface area (Å²) in [7, 11) is 2.63. The van der Waals surface area contributed by atoms with Crippen molar-refractivity contribution in [2.45, 2.75) is 13.1 Å². The third kappa shape index (κ3) is 6.52. The van der Waals surface area contributed by atoms with Crippen LogP contribution < -0.4 is 9.47 Å². The van der Waals surface area contributed by atoms with Crippen LogP contribution in [0.3, 0.4) is 0 Å². The van der Waals surface area contributed by atoms with Crippen LogP contribution in [0.25, 0.3) is 0 Å². The number of ether oxygens (including phenoxy) is 3. The fourth-order valence-electron chi connectivity index (χ4n) is 2.01. The van der Waals surface area contributed by atoms with Crippen molar-refractivity contribution in [3.63, 3.8) is 0 Å². The number of benzene rings is 1. The Balaban J connectivity index is 2.68. The van der Waals surface area contributed by atoms with Gasteiger partial charge in [-0.15, -0.1) is 0 Å². The lowest BCUT2D eigenvalue weighted by Crippen LogP contribution is -2.46. The second-order valence-corrected chi connectivity index (χ2v) is 5.20. The van der Waals surface area contributed by atoms with Gasteiger partial charge in [-0.05, 0) is 24.3 Å². The van der Waals surface area contributed by atoms with Gasteiger partial charge in [0.2, 0.25) is 0 Å². The van der Waals surface area contributed by atoms with E-state index in [1.807, 2.05) is 0 Å². The summed E-state index contributed by atoms with van der Waals surface area (Å²) in [6, 6.07) is 6.44. The zero-order chi connectivity index (χ0) is 19.0. The molecule has 0 radical (unpaired) electrons. The second kappa shape index (κ2) is 9.14. The first-order valence-corrected chi connectivity index (χ1v) is 7.39. The summed E-state index contributed by atoms with van der Waals surface area (Å²) in [6.07, 6.45) is -5.03. The van der Waals surface area contributed by atoms with E-state index in [1.54, 1.807) is 24.3 Å². The van der Waals surface area contributed by atoms with Gasteiger partial charge in [-0.2, -0.15) is 13.2 Å². The van der Waals surface area contributed by atoms with Crippen molar-refractivity contribution in [3.05, 3.63) is 24.3 Å². The van der Waals surface area contributed by atoms with Crippen molar-refractivity contribution >= 4 is 11.9 Å². The summed E-state index contributed by atoms with van der Waals surface area (Å²) >= 11 is 0. The molecule has 1 aromatic rings. The molecule has 140 valence electrons. The molecule has 25 heavy (non-hydrogen) atoms. The predicted octanol–water partition coefficient (Wildman–Crippen LogP) is 2.27. The topological polar surface area (TPSA) is 65.1 Å². The van der Waals surface area contributed by atoms with Crippen LogP contribution in [-0.2, 0) is 14.3 Å². The molecule has 0 N–H and O–H groups in total. The van der Waals surface area contributed by atoms with Crippen LogP contribution in [0.4, 0.5) is 13.2 Å². The molecule has 0 fully saturated rings. The number of nitrogens with zero attached hydrogens (tertiary/aromatic N) is 1. The maximum absolute atomic E-state index is 12.7. The van der Waals surface area contributed by atoms with E-state index in [4.69, 9.17) is 9.47 Å². The Morgan fingerprint density at radius 1 is 1.12 bits per heavy atom. The lowest BCUT2D eigenvalue weighted by Gasteiger charge is -2.25. The molecule has 0 aliphatic carbocycles. The van der Waals surface area contributed by atoms with Crippen LogP contribution in [-0.4, -0.2) is 56.9 Å². The van der Waals surface area contributed by atoms with Crippen LogP contribution in [0.2, 0.25) is 0 Å². The first-order chi connectivity index (χ1) is 11.7. The van der Waals surface area contributed by atoms with Crippen LogP contribution in [0.15, 0.2) is 24.3 Å². The average Bonchev–Trinajstić information content (AvgIpc) is 2.59. The number of rotatable bonds is 8. The van der Waals surface area contributed by atoms with Gasteiger partial charge in [0.25, 0.3) is 0 Å². The van der Waals surface area contributed by atoms with E-state index >= 15 is 0 Å². The smallest absolute Gasteiger partial charge is 0.471 e. The summed E-state index contributed by atoms with van der Waals surface area (Å²) in [4.78, 5) is 23.4. The summed E-state index contributed by atoms with van der Waals surface area (Å²) in [5.41, 5.74) is 0. The number of halogens is 3. The van der Waals surface area contributed by atoms with E-state index in [0.29, 0.717) is 16.4 Å². The number of alkyl halides is 3. The Hall–Kier alpha value is -2.45. The Bertz CT molecular complexity index is 574. The minimum absolute atomic E-state index is 0.165. The molecule has 0 saturated heterocycles. The molecule has 0 aliphatic heterocycles. The van der Waals surface area contributed by atoms with Crippen LogP contribution >= 0.6 is 0 Å². The summed E-state index contributed by atoms with van der Waals surface area (Å²) in [5.74, 6) is -2.59. The molecule has 6 nitrogen and oxygen atoms in total. The fraction of sp³-hybridized carbons (Fsp3) is 0.500. The highest BCUT2D eigenvalue weighted by atomic mass is 19.4. The lowest BCUT2D eigenvalue weighted by atomic mass is 10.1. The Morgan fingerprint density at radius 3 is 2.16 bits per heavy atom. The molecular formula is C16H20F3NO5. The largest absolute Gasteiger partial charge is 0.497 e. The molecule has 0 spiro atoms. The minimum Gasteiger partial charge on any atom is -0.497 e. The van der Waals surface area contributed by atoms with Gasteiger partial charge in [0, 0.05) is 6.54 Å². The molecule has 0 bridgehead atoms. The van der Waals surface area contributed by atoms with E-state index in [2.05, 4.69) is 4.74 Å². The third-order valence-corrected chi connectivity index (χ3v) is 3.32. The molecule has 0 saturated carbocycles. The summed E-state index contributed by atoms with van der Waals surface area (Å²) in [6.45, 7) is 0.470. The third-order valence-electron chi connectivity index (χ3n) is 3.32. The number of esters is 1. The molecule has 0 heterocycles. The number of hydrogen-bond acceptors (Lipinski definition) is 5. The number of carbonyl (C=O) groups excluding carboxylic acids is 2. The van der Waals surface area contributed by atoms with Crippen molar-refractivity contribution in [1.82, 2.24) is 4.90 Å². The summed E-state index contributed by atoms with van der Waals surface area (Å²) < 4.78 is 52.9. The summed E-state index contributed by atoms with van der Waals surface area (Å²) in [5, 5.41) is 0. The van der Waals surface area contributed by atoms with Crippen molar-refractivity contribution in [3.8, 4) is 11.5 Å². The van der Waals surface area contributed by atoms with Gasteiger partial charge in [-0.3, -0.25) is 9.59 Å². The number of amides is 1. The van der Waals surface area contributed by atoms with Crippen LogP contribution in [0.1, 0.15) is 6.92 Å². The normalized spacial score (nSPS) is 12.2. The molecule has 1 rings (SSSR count). The first kappa shape index (κ1) is 20.6. The monoisotopic (exact) mass is 363 g/mol. The highest BCUT2D eigenvalue weighted by Gasteiger charge is 2.43. The molecule has 1 atom stereocenters. The van der Waals surface area contributed by atoms with Crippen LogP contribution in [0.5, 0.6) is 11.5 Å². The van der Waals surface area contributed by atoms with Crippen molar-refractivity contribution in [2.24, 2.45) is 5.92 Å². The molecule has 1 aromatic carbocycles. The molecule has 9 heteroatoms. The van der Waals surface area contributed by atoms with Gasteiger partial charge in [0.15, 0.2) is 0 Å². The van der Waals surface area contributed by atoms with Gasteiger partial charge >= 0.3 is 18.1 Å². The first-order valence-electron chi connectivity index (χ1n) is 7.39. The number of methoxy groups -OCH3 is 2. The number of hydrogen-bond donors (Lipinski definition) is 0. The van der Waals surface area contributed by atoms with E-state index in [9.17, 15) is 22.8 Å². The molecule has 0 aliphatic rings. The quantitative estimate of drug-likeness (QED) is 0.663. The van der Waals surface area contributed by atoms with Crippen molar-refractivity contribution < 1.29 is 37.0 Å². The van der Waals surface area contributed by atoms with Crippen molar-refractivity contribution in [2.75, 3.05) is 33.9 Å². The van der Waals surface area contributed by atoms with Crippen molar-refractivity contribution in [1.29, 1.82) is 0 Å². The van der Waals surface area contributed by atoms with E-state index in [-0.39, 0.29) is 13.2 Å². The zero-order valence-electron chi connectivity index (χ0n) is 14.1. The van der Waals surface area contributed by atoms with E-state index < -0.39 is 30.5 Å². The van der Waals surface area contributed by atoms with Gasteiger partial charge in [-0.25, -0.2) is 0 Å². The maximum atomic E-state index is 12.7. The Kier molecular flexibility index (Phi) is 7.53. The molecule has 1 unspecified atom stereocenters. The molecule has 1 amide bonds. The fourth-order valence-corrected chi connectivity index (χ4v) is 2.01. The maximum Gasteiger partial charge on any atom is 0.471 e. The lowest BCUT2D eigenvalue weighted by molar-refractivity contribution is -0.186. The van der Waals surface area contributed by atoms with E-state index in [0.717, 1.165) is 7.11 Å². The highest BCUT2D eigenvalue weighted by Crippen LogP contribution is 2.20. The van der Waals surface area contributed by atoms with E-state index in [1.165, 1.54) is 14.0 Å². The average molecular weight is 363 g/mol. The second-order valence-electron chi connectivity index (χ2n) is 5.20.